The van der Waals surface area contributed by atoms with Gasteiger partial charge in [0.15, 0.2) is 5.78 Å². The fraction of sp³-hybridized carbons (Fsp3) is 0.923. The molecule has 0 heterocycles. The molecule has 1 atom stereocenters. The molecule has 0 fully saturated rings. The van der Waals surface area contributed by atoms with Gasteiger partial charge < -0.3 is 0 Å². The maximum atomic E-state index is 11.7. The molecule has 0 saturated carbocycles. The van der Waals surface area contributed by atoms with Gasteiger partial charge in [0, 0.05) is 20.6 Å². The minimum atomic E-state index is -3.53. The Balaban J connectivity index is 3.88. The Labute approximate surface area is 116 Å². The van der Waals surface area contributed by atoms with Crippen molar-refractivity contribution in [3.63, 3.8) is 0 Å². The van der Waals surface area contributed by atoms with Gasteiger partial charge in [0.2, 0.25) is 0 Å². The molecule has 0 aromatic rings. The number of carbonyl (C=O) groups is 1. The highest BCUT2D eigenvalue weighted by molar-refractivity contribution is 7.48. The van der Waals surface area contributed by atoms with Crippen molar-refractivity contribution in [2.24, 2.45) is 11.8 Å². The zero-order chi connectivity index (χ0) is 14.9. The van der Waals surface area contributed by atoms with Crippen molar-refractivity contribution in [1.29, 1.82) is 0 Å². The second kappa shape index (κ2) is 9.65. The molecule has 0 spiro atoms. The predicted molar refractivity (Wildman–Crippen MR) is 75.1 cm³/mol. The summed E-state index contributed by atoms with van der Waals surface area (Å²) in [5.41, 5.74) is 0. The molecule has 114 valence electrons. The summed E-state index contributed by atoms with van der Waals surface area (Å²) in [6.07, 6.45) is 3.76. The molecule has 0 aromatic heterocycles. The van der Waals surface area contributed by atoms with Crippen LogP contribution in [0.25, 0.3) is 0 Å². The third-order valence-electron chi connectivity index (χ3n) is 2.89. The summed E-state index contributed by atoms with van der Waals surface area (Å²) in [5, 5.41) is 0. The quantitative estimate of drug-likeness (QED) is 0.542. The molecule has 0 amide bonds. The molecule has 0 radical (unpaired) electrons. The maximum absolute atomic E-state index is 11.7. The van der Waals surface area contributed by atoms with E-state index in [9.17, 15) is 9.36 Å². The monoisotopic (exact) mass is 294 g/mol. The first-order valence-corrected chi connectivity index (χ1v) is 8.16. The lowest BCUT2D eigenvalue weighted by atomic mass is 9.96. The highest BCUT2D eigenvalue weighted by Crippen LogP contribution is 2.47. The molecule has 0 bridgehead atoms. The van der Waals surface area contributed by atoms with Crippen LogP contribution in [-0.2, 0) is 22.9 Å². The zero-order valence-corrected chi connectivity index (χ0v) is 13.6. The molecule has 0 N–H and O–H groups in total. The topological polar surface area (TPSA) is 61.8 Å². The van der Waals surface area contributed by atoms with Gasteiger partial charge in [-0.15, -0.1) is 0 Å². The van der Waals surface area contributed by atoms with Gasteiger partial charge in [-0.3, -0.25) is 18.4 Å². The van der Waals surface area contributed by atoms with E-state index in [0.717, 1.165) is 12.8 Å². The van der Waals surface area contributed by atoms with Crippen LogP contribution in [0, 0.1) is 11.8 Å². The fourth-order valence-electron chi connectivity index (χ4n) is 1.76. The van der Waals surface area contributed by atoms with E-state index < -0.39 is 7.82 Å². The normalized spacial score (nSPS) is 13.8. The van der Waals surface area contributed by atoms with E-state index in [0.29, 0.717) is 18.3 Å². The van der Waals surface area contributed by atoms with Crippen LogP contribution in [0.4, 0.5) is 0 Å². The van der Waals surface area contributed by atoms with E-state index in [4.69, 9.17) is 4.52 Å². The molecule has 19 heavy (non-hydrogen) atoms. The van der Waals surface area contributed by atoms with E-state index in [2.05, 4.69) is 22.9 Å². The Hall–Kier alpha value is -0.220. The lowest BCUT2D eigenvalue weighted by Gasteiger charge is -2.14. The Bertz CT molecular complexity index is 295. The van der Waals surface area contributed by atoms with Crippen molar-refractivity contribution >= 4 is 13.6 Å². The molecular weight excluding hydrogens is 267 g/mol. The van der Waals surface area contributed by atoms with Crippen molar-refractivity contribution in [1.82, 2.24) is 0 Å². The number of carbonyl (C=O) groups excluding carboxylic acids is 1. The molecule has 5 nitrogen and oxygen atoms in total. The minimum Gasteiger partial charge on any atom is -0.297 e. The molecule has 0 aliphatic rings. The maximum Gasteiger partial charge on any atom is 0.474 e. The van der Waals surface area contributed by atoms with Crippen LogP contribution < -0.4 is 0 Å². The Kier molecular flexibility index (Phi) is 9.54. The summed E-state index contributed by atoms with van der Waals surface area (Å²) in [6.45, 7) is 6.20. The number of hydrogen-bond acceptors (Lipinski definition) is 5. The van der Waals surface area contributed by atoms with Crippen LogP contribution in [0.5, 0.6) is 0 Å². The van der Waals surface area contributed by atoms with Gasteiger partial charge in [0.1, 0.15) is 6.61 Å². The average Bonchev–Trinajstić information content (AvgIpc) is 2.35. The molecule has 0 saturated heterocycles. The second-order valence-electron chi connectivity index (χ2n) is 5.26. The summed E-state index contributed by atoms with van der Waals surface area (Å²) in [6, 6.07) is 0. The summed E-state index contributed by atoms with van der Waals surface area (Å²) in [4.78, 5) is 11.7. The van der Waals surface area contributed by atoms with Gasteiger partial charge >= 0.3 is 7.82 Å². The molecule has 0 aromatic carbocycles. The van der Waals surface area contributed by atoms with Gasteiger partial charge in [-0.25, -0.2) is 4.57 Å². The number of Topliss-reactive ketones (excluding diaryl/α,β-unsaturated/α-hetero) is 1. The standard InChI is InChI=1S/C13H27O5P/c1-11(2)7-6-8-12(3)9-13(14)10-18-19(15,16-4)17-5/h11-12H,6-10H2,1-5H3/t12-/m0/s1. The van der Waals surface area contributed by atoms with Gasteiger partial charge in [-0.1, -0.05) is 40.0 Å². The van der Waals surface area contributed by atoms with Gasteiger partial charge in [0.25, 0.3) is 0 Å². The number of hydrogen-bond donors (Lipinski definition) is 0. The van der Waals surface area contributed by atoms with E-state index in [1.54, 1.807) is 0 Å². The first-order chi connectivity index (χ1) is 8.83. The first kappa shape index (κ1) is 18.8. The SMILES string of the molecule is COP(=O)(OC)OCC(=O)C[C@@H](C)CCCC(C)C. The number of phosphoric acid groups is 1. The number of ketones is 1. The third kappa shape index (κ3) is 9.33. The number of rotatable bonds is 11. The molecule has 6 heteroatoms. The van der Waals surface area contributed by atoms with Crippen molar-refractivity contribution < 1.29 is 22.9 Å². The zero-order valence-electron chi connectivity index (χ0n) is 12.7. The van der Waals surface area contributed by atoms with Crippen LogP contribution in [0.15, 0.2) is 0 Å². The van der Waals surface area contributed by atoms with Crippen LogP contribution in [0.3, 0.4) is 0 Å². The van der Waals surface area contributed by atoms with E-state index >= 15 is 0 Å². The van der Waals surface area contributed by atoms with Crippen LogP contribution in [0.2, 0.25) is 0 Å². The minimum absolute atomic E-state index is 0.0774. The van der Waals surface area contributed by atoms with E-state index in [1.807, 2.05) is 6.92 Å². The van der Waals surface area contributed by atoms with E-state index in [-0.39, 0.29) is 12.4 Å². The lowest BCUT2D eigenvalue weighted by Crippen LogP contribution is -2.12. The summed E-state index contributed by atoms with van der Waals surface area (Å²) >= 11 is 0. The first-order valence-electron chi connectivity index (χ1n) is 6.70. The number of phosphoric ester groups is 1. The van der Waals surface area contributed by atoms with Crippen LogP contribution in [0.1, 0.15) is 46.5 Å². The van der Waals surface area contributed by atoms with Crippen molar-refractivity contribution in [3.8, 4) is 0 Å². The fourth-order valence-corrected chi connectivity index (χ4v) is 2.42. The van der Waals surface area contributed by atoms with Crippen LogP contribution >= 0.6 is 7.82 Å². The van der Waals surface area contributed by atoms with Gasteiger partial charge in [-0.05, 0) is 11.8 Å². The Morgan fingerprint density at radius 3 is 2.16 bits per heavy atom. The highest BCUT2D eigenvalue weighted by atomic mass is 31.2. The van der Waals surface area contributed by atoms with Crippen molar-refractivity contribution in [2.45, 2.75) is 46.5 Å². The van der Waals surface area contributed by atoms with Crippen LogP contribution in [-0.4, -0.2) is 26.6 Å². The summed E-state index contributed by atoms with van der Waals surface area (Å²) < 4.78 is 25.6. The molecular formula is C13H27O5P. The van der Waals surface area contributed by atoms with Crippen molar-refractivity contribution in [2.75, 3.05) is 20.8 Å². The van der Waals surface area contributed by atoms with Gasteiger partial charge in [-0.2, -0.15) is 0 Å². The summed E-state index contributed by atoms with van der Waals surface area (Å²) in [5.74, 6) is 0.936. The molecule has 0 unspecified atom stereocenters. The van der Waals surface area contributed by atoms with Crippen molar-refractivity contribution in [3.05, 3.63) is 0 Å². The highest BCUT2D eigenvalue weighted by Gasteiger charge is 2.24. The van der Waals surface area contributed by atoms with E-state index in [1.165, 1.54) is 20.6 Å². The molecule has 0 aliphatic heterocycles. The Morgan fingerprint density at radius 2 is 1.68 bits per heavy atom. The lowest BCUT2D eigenvalue weighted by molar-refractivity contribution is -0.122. The largest absolute Gasteiger partial charge is 0.474 e. The predicted octanol–water partition coefficient (Wildman–Crippen LogP) is 3.83. The molecule has 0 rings (SSSR count). The van der Waals surface area contributed by atoms with Gasteiger partial charge in [0.05, 0.1) is 0 Å². The Morgan fingerprint density at radius 1 is 1.11 bits per heavy atom. The molecule has 0 aliphatic carbocycles. The second-order valence-corrected chi connectivity index (χ2v) is 7.14. The summed E-state index contributed by atoms with van der Waals surface area (Å²) in [7, 11) is -1.08. The third-order valence-corrected chi connectivity index (χ3v) is 4.23. The smallest absolute Gasteiger partial charge is 0.297 e. The average molecular weight is 294 g/mol.